The van der Waals surface area contributed by atoms with Gasteiger partial charge in [0.1, 0.15) is 0 Å². The number of rotatable bonds is 2. The van der Waals surface area contributed by atoms with Gasteiger partial charge in [0.15, 0.2) is 5.78 Å². The van der Waals surface area contributed by atoms with Crippen LogP contribution >= 0.6 is 0 Å². The summed E-state index contributed by atoms with van der Waals surface area (Å²) in [4.78, 5) is 11.0. The summed E-state index contributed by atoms with van der Waals surface area (Å²) < 4.78 is 5.78. The molecule has 2 nitrogen and oxygen atoms in total. The van der Waals surface area contributed by atoms with E-state index >= 15 is 0 Å². The van der Waals surface area contributed by atoms with Crippen molar-refractivity contribution in [2.45, 2.75) is 52.2 Å². The number of ether oxygens (including phenoxy) is 1. The lowest BCUT2D eigenvalue weighted by Gasteiger charge is -2.38. The fourth-order valence-electron chi connectivity index (χ4n) is 3.01. The van der Waals surface area contributed by atoms with Crippen LogP contribution in [-0.4, -0.2) is 17.5 Å². The third-order valence-electron chi connectivity index (χ3n) is 4.01. The highest BCUT2D eigenvalue weighted by Gasteiger charge is 2.63. The molecule has 0 spiro atoms. The average Bonchev–Trinajstić information content (AvgIpc) is 2.74. The number of ketones is 1. The fraction of sp³-hybridized carbons (Fsp3) is 0.769. The van der Waals surface area contributed by atoms with Gasteiger partial charge in [-0.05, 0) is 38.2 Å². The van der Waals surface area contributed by atoms with Crippen LogP contribution in [0.5, 0.6) is 0 Å². The lowest BCUT2D eigenvalue weighted by molar-refractivity contribution is -0.112. The van der Waals surface area contributed by atoms with Crippen LogP contribution < -0.4 is 0 Å². The second-order valence-corrected chi connectivity index (χ2v) is 5.77. The van der Waals surface area contributed by atoms with Crippen LogP contribution in [0.2, 0.25) is 0 Å². The van der Waals surface area contributed by atoms with E-state index in [1.807, 2.05) is 0 Å². The summed E-state index contributed by atoms with van der Waals surface area (Å²) >= 11 is 0. The molecule has 1 aliphatic heterocycles. The topological polar surface area (TPSA) is 29.6 Å². The van der Waals surface area contributed by atoms with Gasteiger partial charge in [-0.1, -0.05) is 19.9 Å². The summed E-state index contributed by atoms with van der Waals surface area (Å²) in [7, 11) is 0. The third kappa shape index (κ3) is 1.76. The van der Waals surface area contributed by atoms with Crippen LogP contribution in [0.3, 0.4) is 0 Å². The number of carbonyl (C=O) groups is 1. The minimum atomic E-state index is -0.00625. The Hall–Kier alpha value is -0.630. The van der Waals surface area contributed by atoms with Gasteiger partial charge in [0.25, 0.3) is 0 Å². The van der Waals surface area contributed by atoms with Crippen molar-refractivity contribution in [1.82, 2.24) is 0 Å². The van der Waals surface area contributed by atoms with E-state index in [2.05, 4.69) is 26.8 Å². The minimum absolute atomic E-state index is 0.00625. The van der Waals surface area contributed by atoms with E-state index in [0.717, 1.165) is 6.42 Å². The summed E-state index contributed by atoms with van der Waals surface area (Å²) in [6.07, 6.45) is 6.52. The number of allylic oxidation sites excluding steroid dienone is 1. The molecule has 3 atom stereocenters. The zero-order valence-corrected chi connectivity index (χ0v) is 10.0. The molecule has 1 unspecified atom stereocenters. The molecule has 0 bridgehead atoms. The standard InChI is InChI=1S/C13H20O2/c1-9(14)5-6-10-12(2,3)8-7-11-13(10,4)15-11/h5-6,10-11H,7-8H2,1-4H3/b6-5+/t10-,11?,13+/m0/s1. The van der Waals surface area contributed by atoms with Crippen molar-refractivity contribution in [1.29, 1.82) is 0 Å². The quantitative estimate of drug-likeness (QED) is 0.516. The maximum Gasteiger partial charge on any atom is 0.152 e. The highest BCUT2D eigenvalue weighted by molar-refractivity contribution is 5.87. The first-order valence-electron chi connectivity index (χ1n) is 5.73. The number of hydrogen-bond acceptors (Lipinski definition) is 2. The lowest BCUT2D eigenvalue weighted by Crippen LogP contribution is -2.39. The molecule has 84 valence electrons. The molecule has 0 aromatic rings. The highest BCUT2D eigenvalue weighted by atomic mass is 16.6. The van der Waals surface area contributed by atoms with Crippen LogP contribution in [-0.2, 0) is 9.53 Å². The van der Waals surface area contributed by atoms with E-state index in [1.54, 1.807) is 13.0 Å². The minimum Gasteiger partial charge on any atom is -0.366 e. The number of carbonyl (C=O) groups excluding carboxylic acids is 1. The van der Waals surface area contributed by atoms with Gasteiger partial charge in [-0.3, -0.25) is 4.79 Å². The van der Waals surface area contributed by atoms with E-state index < -0.39 is 0 Å². The van der Waals surface area contributed by atoms with Gasteiger partial charge in [0, 0.05) is 5.92 Å². The number of fused-ring (bicyclic) bond motifs is 1. The summed E-state index contributed by atoms with van der Waals surface area (Å²) in [5.41, 5.74) is 0.237. The molecule has 1 saturated heterocycles. The average molecular weight is 208 g/mol. The molecular weight excluding hydrogens is 188 g/mol. The SMILES string of the molecule is CC(=O)/C=C/[C@H]1C(C)(C)CCC2O[C@@]21C. The number of hydrogen-bond donors (Lipinski definition) is 0. The molecule has 2 fully saturated rings. The molecule has 0 aromatic heterocycles. The first-order chi connectivity index (χ1) is 6.86. The van der Waals surface area contributed by atoms with Gasteiger partial charge in [-0.2, -0.15) is 0 Å². The Morgan fingerprint density at radius 3 is 2.67 bits per heavy atom. The zero-order valence-electron chi connectivity index (χ0n) is 10.0. The third-order valence-corrected chi connectivity index (χ3v) is 4.01. The monoisotopic (exact) mass is 208 g/mol. The van der Waals surface area contributed by atoms with Crippen LogP contribution in [0, 0.1) is 11.3 Å². The molecule has 0 amide bonds. The molecule has 1 heterocycles. The molecule has 0 N–H and O–H groups in total. The Morgan fingerprint density at radius 1 is 1.40 bits per heavy atom. The van der Waals surface area contributed by atoms with Gasteiger partial charge in [-0.25, -0.2) is 0 Å². The van der Waals surface area contributed by atoms with E-state index in [0.29, 0.717) is 12.0 Å². The van der Waals surface area contributed by atoms with Crippen LogP contribution in [0.15, 0.2) is 12.2 Å². The second-order valence-electron chi connectivity index (χ2n) is 5.77. The van der Waals surface area contributed by atoms with Gasteiger partial charge in [-0.15, -0.1) is 0 Å². The van der Waals surface area contributed by atoms with Gasteiger partial charge in [0.2, 0.25) is 0 Å². The van der Waals surface area contributed by atoms with Crippen molar-refractivity contribution in [3.63, 3.8) is 0 Å². The van der Waals surface area contributed by atoms with E-state index in [-0.39, 0.29) is 16.8 Å². The van der Waals surface area contributed by atoms with Crippen LogP contribution in [0.1, 0.15) is 40.5 Å². The Labute approximate surface area is 91.7 Å². The van der Waals surface area contributed by atoms with Crippen LogP contribution in [0.4, 0.5) is 0 Å². The maximum atomic E-state index is 11.0. The molecule has 2 aliphatic rings. The summed E-state index contributed by atoms with van der Waals surface area (Å²) in [6.45, 7) is 8.31. The summed E-state index contributed by atoms with van der Waals surface area (Å²) in [6, 6.07) is 0. The molecule has 0 aromatic carbocycles. The van der Waals surface area contributed by atoms with Gasteiger partial charge in [0.05, 0.1) is 11.7 Å². The molecule has 2 heteroatoms. The lowest BCUT2D eigenvalue weighted by atomic mass is 9.64. The second kappa shape index (κ2) is 3.18. The van der Waals surface area contributed by atoms with Crippen molar-refractivity contribution in [2.24, 2.45) is 11.3 Å². The molecule has 2 rings (SSSR count). The molecule has 1 saturated carbocycles. The number of epoxide rings is 1. The summed E-state index contributed by atoms with van der Waals surface area (Å²) in [5.74, 6) is 0.491. The Morgan fingerprint density at radius 2 is 2.07 bits per heavy atom. The van der Waals surface area contributed by atoms with Crippen molar-refractivity contribution in [2.75, 3.05) is 0 Å². The van der Waals surface area contributed by atoms with Gasteiger partial charge >= 0.3 is 0 Å². The van der Waals surface area contributed by atoms with Crippen molar-refractivity contribution in [3.8, 4) is 0 Å². The van der Waals surface area contributed by atoms with E-state index in [9.17, 15) is 4.79 Å². The first-order valence-corrected chi connectivity index (χ1v) is 5.73. The Kier molecular flexibility index (Phi) is 2.30. The fourth-order valence-corrected chi connectivity index (χ4v) is 3.01. The predicted molar refractivity (Wildman–Crippen MR) is 59.6 cm³/mol. The highest BCUT2D eigenvalue weighted by Crippen LogP contribution is 2.58. The Balaban J connectivity index is 2.21. The maximum absolute atomic E-state index is 11.0. The first kappa shape index (κ1) is 10.9. The van der Waals surface area contributed by atoms with Crippen LogP contribution in [0.25, 0.3) is 0 Å². The smallest absolute Gasteiger partial charge is 0.152 e. The van der Waals surface area contributed by atoms with Crippen molar-refractivity contribution < 1.29 is 9.53 Å². The normalized spacial score (nSPS) is 42.7. The zero-order chi connectivity index (χ0) is 11.3. The molecule has 1 aliphatic carbocycles. The van der Waals surface area contributed by atoms with E-state index in [4.69, 9.17) is 4.74 Å². The molecule has 0 radical (unpaired) electrons. The largest absolute Gasteiger partial charge is 0.366 e. The van der Waals surface area contributed by atoms with E-state index in [1.165, 1.54) is 6.42 Å². The molecular formula is C13H20O2. The molecule has 15 heavy (non-hydrogen) atoms. The predicted octanol–water partition coefficient (Wildman–Crippen LogP) is 2.73. The van der Waals surface area contributed by atoms with Crippen molar-refractivity contribution >= 4 is 5.78 Å². The summed E-state index contributed by atoms with van der Waals surface area (Å²) in [5, 5.41) is 0. The van der Waals surface area contributed by atoms with Gasteiger partial charge < -0.3 is 4.74 Å². The Bertz CT molecular complexity index is 312. The van der Waals surface area contributed by atoms with Crippen molar-refractivity contribution in [3.05, 3.63) is 12.2 Å².